The lowest BCUT2D eigenvalue weighted by Crippen LogP contribution is -2.45. The first kappa shape index (κ1) is 21.6. The van der Waals surface area contributed by atoms with Gasteiger partial charge in [-0.3, -0.25) is 24.5 Å². The van der Waals surface area contributed by atoms with Gasteiger partial charge in [0.2, 0.25) is 0 Å². The highest BCUT2D eigenvalue weighted by Gasteiger charge is 2.30. The Morgan fingerprint density at radius 3 is 2.61 bits per heavy atom. The summed E-state index contributed by atoms with van der Waals surface area (Å²) in [5.41, 5.74) is -1.03. The summed E-state index contributed by atoms with van der Waals surface area (Å²) in [7, 11) is 1.17. The number of carbonyl (C=O) groups excluding carboxylic acids is 3. The fraction of sp³-hybridized carbons (Fsp3) is 0.500. The van der Waals surface area contributed by atoms with E-state index in [1.54, 1.807) is 0 Å². The zero-order valence-corrected chi connectivity index (χ0v) is 16.1. The average Bonchev–Trinajstić information content (AvgIpc) is 2.68. The SMILES string of the molecule is COC(=O)CC(Oc1ccc(Cl)c([N+](=O)[O-])c1C=O)C(=O)NC1CCCCC1. The molecule has 1 aromatic carbocycles. The zero-order chi connectivity index (χ0) is 20.7. The molecule has 1 atom stereocenters. The number of amides is 1. The molecule has 152 valence electrons. The number of hydrogen-bond donors (Lipinski definition) is 1. The molecule has 0 aromatic heterocycles. The number of halogens is 1. The Hall–Kier alpha value is -2.68. The van der Waals surface area contributed by atoms with Crippen LogP contribution in [0.1, 0.15) is 48.9 Å². The maximum absolute atomic E-state index is 12.7. The summed E-state index contributed by atoms with van der Waals surface area (Å²) in [6, 6.07) is 2.41. The number of ether oxygens (including phenoxy) is 2. The molecule has 1 saturated carbocycles. The summed E-state index contributed by atoms with van der Waals surface area (Å²) >= 11 is 5.80. The second kappa shape index (κ2) is 10.0. The molecule has 2 rings (SSSR count). The molecule has 0 radical (unpaired) electrons. The monoisotopic (exact) mass is 412 g/mol. The number of methoxy groups -OCH3 is 1. The van der Waals surface area contributed by atoms with Gasteiger partial charge in [0.1, 0.15) is 16.3 Å². The van der Waals surface area contributed by atoms with E-state index in [1.165, 1.54) is 19.2 Å². The number of rotatable bonds is 8. The van der Waals surface area contributed by atoms with Crippen molar-refractivity contribution in [2.45, 2.75) is 50.7 Å². The molecule has 1 amide bonds. The van der Waals surface area contributed by atoms with E-state index >= 15 is 0 Å². The number of aldehydes is 1. The summed E-state index contributed by atoms with van der Waals surface area (Å²) < 4.78 is 10.1. The highest BCUT2D eigenvalue weighted by Crippen LogP contribution is 2.34. The van der Waals surface area contributed by atoms with Gasteiger partial charge < -0.3 is 14.8 Å². The van der Waals surface area contributed by atoms with Gasteiger partial charge in [-0.2, -0.15) is 0 Å². The van der Waals surface area contributed by atoms with Crippen LogP contribution in [0.2, 0.25) is 5.02 Å². The molecule has 1 aliphatic carbocycles. The van der Waals surface area contributed by atoms with Gasteiger partial charge in [-0.15, -0.1) is 0 Å². The highest BCUT2D eigenvalue weighted by molar-refractivity contribution is 6.33. The average molecular weight is 413 g/mol. The summed E-state index contributed by atoms with van der Waals surface area (Å²) in [5, 5.41) is 13.8. The molecule has 0 saturated heterocycles. The van der Waals surface area contributed by atoms with Crippen LogP contribution in [-0.2, 0) is 14.3 Å². The smallest absolute Gasteiger partial charge is 0.309 e. The number of nitro benzene ring substituents is 1. The van der Waals surface area contributed by atoms with E-state index in [0.29, 0.717) is 0 Å². The molecule has 9 nitrogen and oxygen atoms in total. The number of carbonyl (C=O) groups is 3. The van der Waals surface area contributed by atoms with Crippen molar-refractivity contribution in [1.29, 1.82) is 0 Å². The molecule has 28 heavy (non-hydrogen) atoms. The lowest BCUT2D eigenvalue weighted by atomic mass is 9.95. The summed E-state index contributed by atoms with van der Waals surface area (Å²) in [6.45, 7) is 0. The highest BCUT2D eigenvalue weighted by atomic mass is 35.5. The van der Waals surface area contributed by atoms with Crippen LogP contribution in [0, 0.1) is 10.1 Å². The summed E-state index contributed by atoms with van der Waals surface area (Å²) in [5.74, 6) is -1.45. The number of nitrogens with zero attached hydrogens (tertiary/aromatic N) is 1. The van der Waals surface area contributed by atoms with Crippen LogP contribution in [-0.4, -0.2) is 42.3 Å². The Kier molecular flexibility index (Phi) is 7.74. The lowest BCUT2D eigenvalue weighted by molar-refractivity contribution is -0.385. The molecule has 0 aliphatic heterocycles. The molecule has 0 bridgehead atoms. The van der Waals surface area contributed by atoms with Gasteiger partial charge in [-0.05, 0) is 25.0 Å². The van der Waals surface area contributed by atoms with E-state index in [1.807, 2.05) is 0 Å². The molecular formula is C18H21ClN2O7. The predicted octanol–water partition coefficient (Wildman–Crippen LogP) is 2.82. The minimum atomic E-state index is -1.31. The summed E-state index contributed by atoms with van der Waals surface area (Å²) in [6.07, 6.45) is 3.24. The Balaban J connectivity index is 2.28. The molecule has 1 unspecified atom stereocenters. The Morgan fingerprint density at radius 1 is 1.36 bits per heavy atom. The van der Waals surface area contributed by atoms with Gasteiger partial charge in [-0.25, -0.2) is 0 Å². The molecule has 10 heteroatoms. The van der Waals surface area contributed by atoms with Crippen LogP contribution in [0.5, 0.6) is 5.75 Å². The van der Waals surface area contributed by atoms with Crippen molar-refractivity contribution in [3.8, 4) is 5.75 Å². The normalized spacial score (nSPS) is 15.4. The fourth-order valence-corrected chi connectivity index (χ4v) is 3.32. The molecular weight excluding hydrogens is 392 g/mol. The molecule has 1 aromatic rings. The Labute approximate surface area is 166 Å². The van der Waals surface area contributed by atoms with Crippen LogP contribution in [0.4, 0.5) is 5.69 Å². The number of nitro groups is 1. The summed E-state index contributed by atoms with van der Waals surface area (Å²) in [4.78, 5) is 46.2. The first-order valence-corrected chi connectivity index (χ1v) is 9.21. The number of benzene rings is 1. The van der Waals surface area contributed by atoms with Gasteiger partial charge in [0, 0.05) is 6.04 Å². The number of nitrogens with one attached hydrogen (secondary N) is 1. The Bertz CT molecular complexity index is 763. The third kappa shape index (κ3) is 5.41. The minimum Gasteiger partial charge on any atom is -0.479 e. The van der Waals surface area contributed by atoms with E-state index < -0.39 is 40.6 Å². The van der Waals surface area contributed by atoms with E-state index in [-0.39, 0.29) is 23.1 Å². The minimum absolute atomic E-state index is 0.0323. The maximum atomic E-state index is 12.7. The maximum Gasteiger partial charge on any atom is 0.309 e. The van der Waals surface area contributed by atoms with Crippen LogP contribution in [0.3, 0.4) is 0 Å². The second-order valence-corrected chi connectivity index (χ2v) is 6.82. The van der Waals surface area contributed by atoms with Crippen molar-refractivity contribution < 1.29 is 28.8 Å². The number of esters is 1. The molecule has 0 spiro atoms. The Morgan fingerprint density at radius 2 is 2.04 bits per heavy atom. The van der Waals surface area contributed by atoms with E-state index in [4.69, 9.17) is 16.3 Å². The second-order valence-electron chi connectivity index (χ2n) is 6.41. The van der Waals surface area contributed by atoms with E-state index in [0.717, 1.165) is 32.1 Å². The standard InChI is InChI=1S/C18H21ClN2O7/c1-27-16(23)9-15(18(24)20-11-5-3-2-4-6-11)28-14-8-7-13(19)17(21(25)26)12(14)10-22/h7-8,10-11,15H,2-6,9H2,1H3,(H,20,24). The lowest BCUT2D eigenvalue weighted by Gasteiger charge is -2.26. The van der Waals surface area contributed by atoms with Gasteiger partial charge in [0.05, 0.1) is 18.5 Å². The first-order valence-electron chi connectivity index (χ1n) is 8.83. The van der Waals surface area contributed by atoms with Crippen molar-refractivity contribution in [2.75, 3.05) is 7.11 Å². The molecule has 1 aliphatic rings. The van der Waals surface area contributed by atoms with Crippen LogP contribution in [0.15, 0.2) is 12.1 Å². The molecule has 0 heterocycles. The van der Waals surface area contributed by atoms with Crippen LogP contribution < -0.4 is 10.1 Å². The van der Waals surface area contributed by atoms with Crippen molar-refractivity contribution in [3.63, 3.8) is 0 Å². The van der Waals surface area contributed by atoms with Gasteiger partial charge in [0.15, 0.2) is 12.4 Å². The third-order valence-corrected chi connectivity index (χ3v) is 4.83. The van der Waals surface area contributed by atoms with Gasteiger partial charge in [0.25, 0.3) is 5.91 Å². The zero-order valence-electron chi connectivity index (χ0n) is 15.3. The first-order chi connectivity index (χ1) is 13.4. The fourth-order valence-electron chi connectivity index (χ4n) is 3.08. The molecule has 1 N–H and O–H groups in total. The van der Waals surface area contributed by atoms with Crippen molar-refractivity contribution in [1.82, 2.24) is 5.32 Å². The predicted molar refractivity (Wildman–Crippen MR) is 99.6 cm³/mol. The van der Waals surface area contributed by atoms with Crippen molar-refractivity contribution >= 4 is 35.5 Å². The third-order valence-electron chi connectivity index (χ3n) is 4.52. The van der Waals surface area contributed by atoms with E-state index in [2.05, 4.69) is 10.1 Å². The number of hydrogen-bond acceptors (Lipinski definition) is 7. The van der Waals surface area contributed by atoms with Gasteiger partial charge >= 0.3 is 11.7 Å². The van der Waals surface area contributed by atoms with E-state index in [9.17, 15) is 24.5 Å². The topological polar surface area (TPSA) is 125 Å². The van der Waals surface area contributed by atoms with Gasteiger partial charge in [-0.1, -0.05) is 30.9 Å². The molecule has 1 fully saturated rings. The van der Waals surface area contributed by atoms with Crippen molar-refractivity contribution in [3.05, 3.63) is 32.8 Å². The van der Waals surface area contributed by atoms with Crippen molar-refractivity contribution in [2.24, 2.45) is 0 Å². The largest absolute Gasteiger partial charge is 0.479 e. The quantitative estimate of drug-likeness (QED) is 0.301. The van der Waals surface area contributed by atoms with Crippen LogP contribution in [0.25, 0.3) is 0 Å². The van der Waals surface area contributed by atoms with Crippen LogP contribution >= 0.6 is 11.6 Å².